The van der Waals surface area contributed by atoms with Gasteiger partial charge in [0.2, 0.25) is 0 Å². The Kier molecular flexibility index (Phi) is 6.09. The molecule has 0 N–H and O–H groups in total. The molecule has 2 aromatic carbocycles. The Morgan fingerprint density at radius 1 is 1.09 bits per heavy atom. The van der Waals surface area contributed by atoms with E-state index in [9.17, 15) is 8.42 Å². The van der Waals surface area contributed by atoms with Gasteiger partial charge in [0, 0.05) is 16.0 Å². The highest BCUT2D eigenvalue weighted by atomic mass is 35.5. The van der Waals surface area contributed by atoms with Gasteiger partial charge in [-0.15, -0.1) is 0 Å². The van der Waals surface area contributed by atoms with Crippen molar-refractivity contribution in [3.8, 4) is 0 Å². The number of rotatable bonds is 6. The van der Waals surface area contributed by atoms with Gasteiger partial charge < -0.3 is 0 Å². The van der Waals surface area contributed by atoms with Gasteiger partial charge in [-0.1, -0.05) is 59.1 Å². The summed E-state index contributed by atoms with van der Waals surface area (Å²) in [6.45, 7) is 2.05. The van der Waals surface area contributed by atoms with Gasteiger partial charge >= 0.3 is 0 Å². The zero-order valence-corrected chi connectivity index (χ0v) is 15.3. The summed E-state index contributed by atoms with van der Waals surface area (Å²) in [4.78, 5) is 0. The second-order valence-corrected chi connectivity index (χ2v) is 8.03. The fraction of sp³-hybridized carbons (Fsp3) is 0.294. The van der Waals surface area contributed by atoms with Crippen LogP contribution in [0.1, 0.15) is 22.6 Å². The van der Waals surface area contributed by atoms with Gasteiger partial charge in [0.15, 0.2) is 0 Å². The van der Waals surface area contributed by atoms with Crippen molar-refractivity contribution < 1.29 is 12.6 Å². The molecule has 0 aliphatic rings. The molecule has 0 aromatic heterocycles. The molecule has 0 saturated carbocycles. The van der Waals surface area contributed by atoms with Crippen LogP contribution >= 0.6 is 23.2 Å². The molecule has 23 heavy (non-hydrogen) atoms. The highest BCUT2D eigenvalue weighted by Crippen LogP contribution is 2.30. The van der Waals surface area contributed by atoms with Crippen LogP contribution < -0.4 is 0 Å². The van der Waals surface area contributed by atoms with E-state index in [0.29, 0.717) is 16.5 Å². The van der Waals surface area contributed by atoms with Crippen LogP contribution in [0.4, 0.5) is 0 Å². The summed E-state index contributed by atoms with van der Waals surface area (Å²) in [7, 11) is -3.52. The van der Waals surface area contributed by atoms with Crippen LogP contribution in [0.25, 0.3) is 0 Å². The quantitative estimate of drug-likeness (QED) is 0.695. The van der Waals surface area contributed by atoms with Gasteiger partial charge in [-0.2, -0.15) is 8.42 Å². The SMILES string of the molecule is Cc1ccc(CC(COS(C)(=O)=O)c2ccc(Cl)cc2Cl)cc1. The number of hydrogen-bond acceptors (Lipinski definition) is 3. The molecular weight excluding hydrogens is 355 g/mol. The fourth-order valence-electron chi connectivity index (χ4n) is 2.31. The molecule has 1 atom stereocenters. The number of hydrogen-bond donors (Lipinski definition) is 0. The summed E-state index contributed by atoms with van der Waals surface area (Å²) in [6, 6.07) is 13.3. The van der Waals surface area contributed by atoms with Gasteiger partial charge in [0.05, 0.1) is 12.9 Å². The largest absolute Gasteiger partial charge is 0.270 e. The lowest BCUT2D eigenvalue weighted by Crippen LogP contribution is -2.15. The second-order valence-electron chi connectivity index (χ2n) is 5.54. The van der Waals surface area contributed by atoms with Crippen molar-refractivity contribution in [1.29, 1.82) is 0 Å². The lowest BCUT2D eigenvalue weighted by molar-refractivity contribution is 0.293. The first-order valence-electron chi connectivity index (χ1n) is 7.09. The van der Waals surface area contributed by atoms with Crippen molar-refractivity contribution in [2.24, 2.45) is 0 Å². The maximum absolute atomic E-state index is 11.3. The van der Waals surface area contributed by atoms with E-state index in [2.05, 4.69) is 0 Å². The summed E-state index contributed by atoms with van der Waals surface area (Å²) < 4.78 is 27.7. The Balaban J connectivity index is 2.28. The van der Waals surface area contributed by atoms with Gasteiger partial charge in [0.25, 0.3) is 10.1 Å². The minimum absolute atomic E-state index is 0.0358. The van der Waals surface area contributed by atoms with Crippen molar-refractivity contribution in [2.45, 2.75) is 19.3 Å². The minimum atomic E-state index is -3.52. The van der Waals surface area contributed by atoms with Gasteiger partial charge in [-0.3, -0.25) is 4.18 Å². The first-order chi connectivity index (χ1) is 10.7. The Hall–Kier alpha value is -1.07. The van der Waals surface area contributed by atoms with Crippen LogP contribution in [0, 0.1) is 6.92 Å². The van der Waals surface area contributed by atoms with Crippen molar-refractivity contribution in [3.63, 3.8) is 0 Å². The molecule has 0 bridgehead atoms. The third-order valence-electron chi connectivity index (χ3n) is 3.49. The molecule has 124 valence electrons. The average molecular weight is 373 g/mol. The summed E-state index contributed by atoms with van der Waals surface area (Å²) in [6.07, 6.45) is 1.66. The van der Waals surface area contributed by atoms with Crippen molar-refractivity contribution in [3.05, 3.63) is 69.2 Å². The van der Waals surface area contributed by atoms with Crippen LogP contribution in [-0.2, 0) is 20.7 Å². The van der Waals surface area contributed by atoms with Crippen LogP contribution in [0.5, 0.6) is 0 Å². The lowest BCUT2D eigenvalue weighted by atomic mass is 9.92. The number of aryl methyl sites for hydroxylation is 1. The predicted octanol–water partition coefficient (Wildman–Crippen LogP) is 4.60. The third kappa shape index (κ3) is 5.81. The monoisotopic (exact) mass is 372 g/mol. The summed E-state index contributed by atoms with van der Waals surface area (Å²) in [5.41, 5.74) is 3.08. The molecule has 0 saturated heterocycles. The van der Waals surface area contributed by atoms with Gasteiger partial charge in [-0.25, -0.2) is 0 Å². The first kappa shape index (κ1) is 18.3. The molecule has 3 nitrogen and oxygen atoms in total. The minimum Gasteiger partial charge on any atom is -0.270 e. The highest BCUT2D eigenvalue weighted by molar-refractivity contribution is 7.85. The Labute approximate surface area is 147 Å². The fourth-order valence-corrected chi connectivity index (χ4v) is 3.28. The molecule has 0 spiro atoms. The second kappa shape index (κ2) is 7.67. The predicted molar refractivity (Wildman–Crippen MR) is 94.9 cm³/mol. The van der Waals surface area contributed by atoms with E-state index in [1.165, 1.54) is 5.56 Å². The van der Waals surface area contributed by atoms with E-state index in [0.717, 1.165) is 17.4 Å². The standard InChI is InChI=1S/C17H18Cl2O3S/c1-12-3-5-13(6-4-12)9-14(11-22-23(2,20)21)16-8-7-15(18)10-17(16)19/h3-8,10,14H,9,11H2,1-2H3. The zero-order chi connectivity index (χ0) is 17.0. The van der Waals surface area contributed by atoms with Gasteiger partial charge in [-0.05, 0) is 36.6 Å². The molecule has 0 fully saturated rings. The first-order valence-corrected chi connectivity index (χ1v) is 9.67. The van der Waals surface area contributed by atoms with Crippen LogP contribution in [0.3, 0.4) is 0 Å². The van der Waals surface area contributed by atoms with Crippen LogP contribution in [-0.4, -0.2) is 21.3 Å². The van der Waals surface area contributed by atoms with Crippen molar-refractivity contribution >= 4 is 33.3 Å². The van der Waals surface area contributed by atoms with E-state index in [1.807, 2.05) is 37.3 Å². The number of halogens is 2. The van der Waals surface area contributed by atoms with E-state index in [-0.39, 0.29) is 12.5 Å². The normalized spacial score (nSPS) is 13.0. The highest BCUT2D eigenvalue weighted by Gasteiger charge is 2.18. The van der Waals surface area contributed by atoms with E-state index in [4.69, 9.17) is 27.4 Å². The third-order valence-corrected chi connectivity index (χ3v) is 4.61. The molecule has 0 aliphatic heterocycles. The average Bonchev–Trinajstić information content (AvgIpc) is 2.45. The van der Waals surface area contributed by atoms with Crippen LogP contribution in [0.15, 0.2) is 42.5 Å². The molecule has 0 amide bonds. The summed E-state index contributed by atoms with van der Waals surface area (Å²) in [5.74, 6) is -0.183. The maximum atomic E-state index is 11.3. The number of benzene rings is 2. The molecular formula is C17H18Cl2O3S. The Morgan fingerprint density at radius 2 is 1.74 bits per heavy atom. The van der Waals surface area contributed by atoms with Crippen LogP contribution in [0.2, 0.25) is 10.0 Å². The maximum Gasteiger partial charge on any atom is 0.264 e. The molecule has 0 heterocycles. The summed E-state index contributed by atoms with van der Waals surface area (Å²) in [5, 5.41) is 1.04. The molecule has 0 radical (unpaired) electrons. The van der Waals surface area contributed by atoms with Crippen molar-refractivity contribution in [1.82, 2.24) is 0 Å². The topological polar surface area (TPSA) is 43.4 Å². The van der Waals surface area contributed by atoms with E-state index in [1.54, 1.807) is 12.1 Å². The molecule has 2 aromatic rings. The van der Waals surface area contributed by atoms with Crippen molar-refractivity contribution in [2.75, 3.05) is 12.9 Å². The molecule has 2 rings (SSSR count). The zero-order valence-electron chi connectivity index (χ0n) is 12.9. The molecule has 6 heteroatoms. The van der Waals surface area contributed by atoms with E-state index >= 15 is 0 Å². The lowest BCUT2D eigenvalue weighted by Gasteiger charge is -2.19. The Morgan fingerprint density at radius 3 is 2.30 bits per heavy atom. The summed E-state index contributed by atoms with van der Waals surface area (Å²) >= 11 is 12.2. The van der Waals surface area contributed by atoms with Gasteiger partial charge in [0.1, 0.15) is 0 Å². The molecule has 1 unspecified atom stereocenters. The van der Waals surface area contributed by atoms with E-state index < -0.39 is 10.1 Å². The molecule has 0 aliphatic carbocycles. The smallest absolute Gasteiger partial charge is 0.264 e. The Bertz CT molecular complexity index is 771.